The largest absolute Gasteiger partial charge is 0.496 e. The van der Waals surface area contributed by atoms with Crippen molar-refractivity contribution in [1.29, 1.82) is 0 Å². The number of pyridine rings is 1. The summed E-state index contributed by atoms with van der Waals surface area (Å²) in [6.45, 7) is 0. The molecule has 0 bridgehead atoms. The van der Waals surface area contributed by atoms with E-state index in [1.54, 1.807) is 57.7 Å². The average Bonchev–Trinajstić information content (AvgIpc) is 2.98. The fourth-order valence-electron chi connectivity index (χ4n) is 2.40. The van der Waals surface area contributed by atoms with Crippen LogP contribution in [0.5, 0.6) is 5.75 Å². The summed E-state index contributed by atoms with van der Waals surface area (Å²) in [6.07, 6.45) is 1.61. The van der Waals surface area contributed by atoms with E-state index < -0.39 is 0 Å². The third kappa shape index (κ3) is 2.64. The smallest absolute Gasteiger partial charge is 0.254 e. The van der Waals surface area contributed by atoms with Gasteiger partial charge in [-0.15, -0.1) is 0 Å². The molecule has 0 radical (unpaired) electrons. The van der Waals surface area contributed by atoms with Crippen LogP contribution >= 0.6 is 11.6 Å². The molecule has 1 amide bonds. The van der Waals surface area contributed by atoms with Gasteiger partial charge in [0.25, 0.3) is 5.91 Å². The maximum absolute atomic E-state index is 12.5. The molecule has 0 saturated carbocycles. The molecular formula is C17H15ClN2O3. The maximum Gasteiger partial charge on any atom is 0.254 e. The number of halogens is 1. The van der Waals surface area contributed by atoms with Crippen molar-refractivity contribution >= 4 is 28.6 Å². The minimum absolute atomic E-state index is 0.140. The summed E-state index contributed by atoms with van der Waals surface area (Å²) in [6, 6.07) is 8.70. The molecule has 1 aromatic carbocycles. The monoisotopic (exact) mass is 330 g/mol. The predicted octanol–water partition coefficient (Wildman–Crippen LogP) is 3.86. The van der Waals surface area contributed by atoms with Crippen molar-refractivity contribution in [2.75, 3.05) is 21.2 Å². The van der Waals surface area contributed by atoms with Crippen LogP contribution in [-0.2, 0) is 0 Å². The van der Waals surface area contributed by atoms with Crippen molar-refractivity contribution in [1.82, 2.24) is 9.88 Å². The quantitative estimate of drug-likeness (QED) is 0.731. The highest BCUT2D eigenvalue weighted by Gasteiger charge is 2.22. The molecule has 0 unspecified atom stereocenters. The third-order valence-corrected chi connectivity index (χ3v) is 3.79. The van der Waals surface area contributed by atoms with Gasteiger partial charge in [-0.3, -0.25) is 9.78 Å². The lowest BCUT2D eigenvalue weighted by molar-refractivity contribution is 0.0828. The molecule has 0 saturated heterocycles. The summed E-state index contributed by atoms with van der Waals surface area (Å²) in [5.74, 6) is 0.898. The molecule has 3 rings (SSSR count). The Hall–Kier alpha value is -2.53. The number of hydrogen-bond acceptors (Lipinski definition) is 4. The van der Waals surface area contributed by atoms with Crippen molar-refractivity contribution < 1.29 is 13.9 Å². The predicted molar refractivity (Wildman–Crippen MR) is 89.0 cm³/mol. The molecule has 0 aliphatic rings. The van der Waals surface area contributed by atoms with E-state index in [2.05, 4.69) is 4.98 Å². The average molecular weight is 331 g/mol. The summed E-state index contributed by atoms with van der Waals surface area (Å²) in [5, 5.41) is 0.469. The fourth-order valence-corrected chi connectivity index (χ4v) is 2.60. The number of carbonyl (C=O) groups is 1. The van der Waals surface area contributed by atoms with E-state index in [4.69, 9.17) is 20.8 Å². The van der Waals surface area contributed by atoms with Gasteiger partial charge >= 0.3 is 0 Å². The molecule has 0 aliphatic carbocycles. The third-order valence-electron chi connectivity index (χ3n) is 3.49. The number of fused-ring (bicyclic) bond motifs is 1. The van der Waals surface area contributed by atoms with E-state index in [1.807, 2.05) is 0 Å². The van der Waals surface area contributed by atoms with Crippen LogP contribution < -0.4 is 4.74 Å². The summed E-state index contributed by atoms with van der Waals surface area (Å²) in [4.78, 5) is 18.2. The Morgan fingerprint density at radius 3 is 2.74 bits per heavy atom. The molecule has 5 nitrogen and oxygen atoms in total. The Bertz CT molecular complexity index is 887. The zero-order valence-corrected chi connectivity index (χ0v) is 13.7. The number of carbonyl (C=O) groups excluding carboxylic acids is 1. The first-order chi connectivity index (χ1) is 11.0. The summed E-state index contributed by atoms with van der Waals surface area (Å²) in [5.41, 5.74) is 2.19. The van der Waals surface area contributed by atoms with Crippen LogP contribution in [0.2, 0.25) is 5.02 Å². The van der Waals surface area contributed by atoms with E-state index in [1.165, 1.54) is 4.90 Å². The first-order valence-electron chi connectivity index (χ1n) is 6.96. The van der Waals surface area contributed by atoms with E-state index in [0.29, 0.717) is 38.8 Å². The van der Waals surface area contributed by atoms with Gasteiger partial charge in [-0.2, -0.15) is 0 Å². The van der Waals surface area contributed by atoms with Gasteiger partial charge in [0.1, 0.15) is 17.0 Å². The second-order valence-electron chi connectivity index (χ2n) is 5.20. The van der Waals surface area contributed by atoms with Gasteiger partial charge in [-0.05, 0) is 18.2 Å². The summed E-state index contributed by atoms with van der Waals surface area (Å²) in [7, 11) is 4.95. The molecule has 0 aliphatic heterocycles. The van der Waals surface area contributed by atoms with Crippen LogP contribution in [0.4, 0.5) is 0 Å². The van der Waals surface area contributed by atoms with E-state index in [9.17, 15) is 4.79 Å². The zero-order chi connectivity index (χ0) is 16.6. The maximum atomic E-state index is 12.5. The van der Waals surface area contributed by atoms with Crippen molar-refractivity contribution in [2.24, 2.45) is 0 Å². The molecule has 0 fully saturated rings. The normalized spacial score (nSPS) is 10.8. The van der Waals surface area contributed by atoms with Crippen LogP contribution in [-0.4, -0.2) is 37.0 Å². The second kappa shape index (κ2) is 5.93. The molecule has 23 heavy (non-hydrogen) atoms. The Labute approximate surface area is 138 Å². The van der Waals surface area contributed by atoms with Crippen molar-refractivity contribution in [3.8, 4) is 17.1 Å². The molecule has 2 heterocycles. The number of benzene rings is 1. The molecule has 2 aromatic heterocycles. The number of ether oxygens (including phenoxy) is 1. The van der Waals surface area contributed by atoms with Crippen LogP contribution in [0.1, 0.15) is 10.4 Å². The highest BCUT2D eigenvalue weighted by Crippen LogP contribution is 2.38. The standard InChI is InChI=1S/C17H15ClN2O3/c1-20(2)17(21)10-5-4-6-13(22-3)15(10)14-9-12-16(23-14)11(18)7-8-19-12/h4-9H,1-3H3. The highest BCUT2D eigenvalue weighted by molar-refractivity contribution is 6.34. The Morgan fingerprint density at radius 1 is 1.30 bits per heavy atom. The first kappa shape index (κ1) is 15.4. The number of hydrogen-bond donors (Lipinski definition) is 0. The van der Waals surface area contributed by atoms with Gasteiger partial charge in [0.05, 0.1) is 23.3 Å². The van der Waals surface area contributed by atoms with E-state index in [-0.39, 0.29) is 5.91 Å². The van der Waals surface area contributed by atoms with Crippen molar-refractivity contribution in [3.05, 3.63) is 47.1 Å². The Balaban J connectivity index is 2.28. The number of nitrogens with zero attached hydrogens (tertiary/aromatic N) is 2. The minimum atomic E-state index is -0.140. The summed E-state index contributed by atoms with van der Waals surface area (Å²) < 4.78 is 11.3. The Morgan fingerprint density at radius 2 is 2.09 bits per heavy atom. The van der Waals surface area contributed by atoms with Crippen molar-refractivity contribution in [2.45, 2.75) is 0 Å². The second-order valence-corrected chi connectivity index (χ2v) is 5.61. The summed E-state index contributed by atoms with van der Waals surface area (Å²) >= 11 is 6.14. The highest BCUT2D eigenvalue weighted by atomic mass is 35.5. The minimum Gasteiger partial charge on any atom is -0.496 e. The molecule has 0 spiro atoms. The van der Waals surface area contributed by atoms with Crippen molar-refractivity contribution in [3.63, 3.8) is 0 Å². The van der Waals surface area contributed by atoms with Crippen LogP contribution in [0.25, 0.3) is 22.4 Å². The fraction of sp³-hybridized carbons (Fsp3) is 0.176. The van der Waals surface area contributed by atoms with Gasteiger partial charge in [0.15, 0.2) is 5.58 Å². The number of methoxy groups -OCH3 is 1. The molecule has 118 valence electrons. The van der Waals surface area contributed by atoms with Gasteiger partial charge in [0, 0.05) is 26.4 Å². The molecule has 6 heteroatoms. The lowest BCUT2D eigenvalue weighted by Gasteiger charge is -2.15. The number of aromatic nitrogens is 1. The number of rotatable bonds is 3. The van der Waals surface area contributed by atoms with Gasteiger partial charge in [-0.25, -0.2) is 0 Å². The molecule has 0 atom stereocenters. The number of furan rings is 1. The van der Waals surface area contributed by atoms with E-state index in [0.717, 1.165) is 0 Å². The van der Waals surface area contributed by atoms with Gasteiger partial charge in [-0.1, -0.05) is 17.7 Å². The van der Waals surface area contributed by atoms with Gasteiger partial charge < -0.3 is 14.1 Å². The first-order valence-corrected chi connectivity index (χ1v) is 7.33. The van der Waals surface area contributed by atoms with Gasteiger partial charge in [0.2, 0.25) is 0 Å². The van der Waals surface area contributed by atoms with E-state index >= 15 is 0 Å². The van der Waals surface area contributed by atoms with Crippen LogP contribution in [0.3, 0.4) is 0 Å². The number of amides is 1. The van der Waals surface area contributed by atoms with Crippen LogP contribution in [0, 0.1) is 0 Å². The molecule has 0 N–H and O–H groups in total. The lowest BCUT2D eigenvalue weighted by atomic mass is 10.0. The topological polar surface area (TPSA) is 55.6 Å². The SMILES string of the molecule is COc1cccc(C(=O)N(C)C)c1-c1cc2nccc(Cl)c2o1. The Kier molecular flexibility index (Phi) is 3.96. The van der Waals surface area contributed by atoms with Crippen LogP contribution in [0.15, 0.2) is 40.9 Å². The molecular weight excluding hydrogens is 316 g/mol. The zero-order valence-electron chi connectivity index (χ0n) is 13.0. The molecule has 3 aromatic rings. The lowest BCUT2D eigenvalue weighted by Crippen LogP contribution is -2.22.